The third-order valence-electron chi connectivity index (χ3n) is 6.18. The summed E-state index contributed by atoms with van der Waals surface area (Å²) in [4.78, 5) is 34.5. The molecule has 7 nitrogen and oxygen atoms in total. The standard InChI is InChI=1S/C26H23N5O2S/c1-18-17-30(25(33)19-7-3-2-4-8-19)13-14-31(18)22(16-27)24(32)20-9-10-23-21(15-20)28-26(34-23)29-11-5-6-12-29/h2-12,15,18,22H,13-14,17H2,1H3. The molecule has 1 saturated heterocycles. The lowest BCUT2D eigenvalue weighted by Gasteiger charge is -2.41. The van der Waals surface area contributed by atoms with Gasteiger partial charge in [0.15, 0.2) is 17.0 Å². The van der Waals surface area contributed by atoms with Crippen molar-refractivity contribution in [3.63, 3.8) is 0 Å². The summed E-state index contributed by atoms with van der Waals surface area (Å²) in [6.07, 6.45) is 3.86. The number of piperazine rings is 1. The molecule has 170 valence electrons. The number of hydrogen-bond acceptors (Lipinski definition) is 6. The van der Waals surface area contributed by atoms with Crippen molar-refractivity contribution >= 4 is 33.2 Å². The number of rotatable bonds is 5. The Bertz CT molecular complexity index is 1370. The van der Waals surface area contributed by atoms with Crippen LogP contribution in [0.25, 0.3) is 15.3 Å². The fraction of sp³-hybridized carbons (Fsp3) is 0.231. The van der Waals surface area contributed by atoms with E-state index in [2.05, 4.69) is 11.1 Å². The highest BCUT2D eigenvalue weighted by atomic mass is 32.1. The van der Waals surface area contributed by atoms with Crippen molar-refractivity contribution in [1.29, 1.82) is 5.26 Å². The Kier molecular flexibility index (Phi) is 5.97. The van der Waals surface area contributed by atoms with E-state index in [9.17, 15) is 14.9 Å². The molecule has 1 aliphatic rings. The molecule has 2 atom stereocenters. The summed E-state index contributed by atoms with van der Waals surface area (Å²) in [6, 6.07) is 19.6. The van der Waals surface area contributed by atoms with Crippen LogP contribution in [0.4, 0.5) is 0 Å². The van der Waals surface area contributed by atoms with Gasteiger partial charge >= 0.3 is 0 Å². The molecule has 1 aliphatic heterocycles. The minimum atomic E-state index is -0.913. The van der Waals surface area contributed by atoms with Gasteiger partial charge in [0.1, 0.15) is 0 Å². The predicted molar refractivity (Wildman–Crippen MR) is 131 cm³/mol. The van der Waals surface area contributed by atoms with Crippen molar-refractivity contribution in [3.05, 3.63) is 84.2 Å². The quantitative estimate of drug-likeness (QED) is 0.413. The lowest BCUT2D eigenvalue weighted by molar-refractivity contribution is 0.0429. The van der Waals surface area contributed by atoms with Crippen LogP contribution in [0, 0.1) is 11.3 Å². The predicted octanol–water partition coefficient (Wildman–Crippen LogP) is 4.01. The highest BCUT2D eigenvalue weighted by Crippen LogP contribution is 2.27. The zero-order valence-electron chi connectivity index (χ0n) is 18.7. The smallest absolute Gasteiger partial charge is 0.253 e. The number of amides is 1. The van der Waals surface area contributed by atoms with E-state index in [0.717, 1.165) is 15.3 Å². The highest BCUT2D eigenvalue weighted by Gasteiger charge is 2.35. The molecule has 0 bridgehead atoms. The van der Waals surface area contributed by atoms with Gasteiger partial charge in [-0.25, -0.2) is 4.98 Å². The van der Waals surface area contributed by atoms with E-state index < -0.39 is 6.04 Å². The average Bonchev–Trinajstić information content (AvgIpc) is 3.55. The van der Waals surface area contributed by atoms with Crippen molar-refractivity contribution in [2.24, 2.45) is 0 Å². The Morgan fingerprint density at radius 2 is 1.82 bits per heavy atom. The molecule has 2 aromatic carbocycles. The second kappa shape index (κ2) is 9.21. The summed E-state index contributed by atoms with van der Waals surface area (Å²) in [6.45, 7) is 3.34. The van der Waals surface area contributed by atoms with Gasteiger partial charge in [-0.05, 0) is 49.4 Å². The number of thiazole rings is 1. The fourth-order valence-corrected chi connectivity index (χ4v) is 5.30. The molecule has 2 aromatic heterocycles. The van der Waals surface area contributed by atoms with Crippen LogP contribution < -0.4 is 0 Å². The Morgan fingerprint density at radius 1 is 1.06 bits per heavy atom. The second-order valence-electron chi connectivity index (χ2n) is 8.37. The van der Waals surface area contributed by atoms with Gasteiger partial charge in [-0.2, -0.15) is 5.26 Å². The van der Waals surface area contributed by atoms with Gasteiger partial charge in [0.2, 0.25) is 0 Å². The second-order valence-corrected chi connectivity index (χ2v) is 9.38. The molecular formula is C26H23N5O2S. The van der Waals surface area contributed by atoms with E-state index in [1.165, 1.54) is 0 Å². The molecule has 0 aliphatic carbocycles. The van der Waals surface area contributed by atoms with Crippen molar-refractivity contribution < 1.29 is 9.59 Å². The summed E-state index contributed by atoms with van der Waals surface area (Å²) in [5, 5.41) is 10.7. The number of aromatic nitrogens is 2. The fourth-order valence-electron chi connectivity index (χ4n) is 4.39. The van der Waals surface area contributed by atoms with Crippen molar-refractivity contribution in [2.45, 2.75) is 19.0 Å². The van der Waals surface area contributed by atoms with Crippen molar-refractivity contribution in [2.75, 3.05) is 19.6 Å². The molecule has 5 rings (SSSR count). The number of benzene rings is 2. The van der Waals surface area contributed by atoms with Gasteiger partial charge in [0.05, 0.1) is 16.3 Å². The molecule has 0 N–H and O–H groups in total. The summed E-state index contributed by atoms with van der Waals surface area (Å²) < 4.78 is 2.91. The lowest BCUT2D eigenvalue weighted by atomic mass is 10.0. The first kappa shape index (κ1) is 22.0. The highest BCUT2D eigenvalue weighted by molar-refractivity contribution is 7.20. The third-order valence-corrected chi connectivity index (χ3v) is 7.23. The van der Waals surface area contributed by atoms with Gasteiger partial charge in [0, 0.05) is 49.2 Å². The molecule has 34 heavy (non-hydrogen) atoms. The Balaban J connectivity index is 1.33. The van der Waals surface area contributed by atoms with Crippen molar-refractivity contribution in [3.8, 4) is 11.2 Å². The number of nitrogens with zero attached hydrogens (tertiary/aromatic N) is 5. The molecule has 4 aromatic rings. The first-order valence-electron chi connectivity index (χ1n) is 11.1. The van der Waals surface area contributed by atoms with Crippen LogP contribution in [-0.4, -0.2) is 62.8 Å². The first-order chi connectivity index (χ1) is 16.5. The van der Waals surface area contributed by atoms with Crippen LogP contribution in [0.15, 0.2) is 73.1 Å². The molecule has 0 saturated carbocycles. The molecule has 1 fully saturated rings. The molecule has 8 heteroatoms. The summed E-state index contributed by atoms with van der Waals surface area (Å²) >= 11 is 1.55. The van der Waals surface area contributed by atoms with Crippen LogP contribution in [0.3, 0.4) is 0 Å². The van der Waals surface area contributed by atoms with Crippen LogP contribution in [0.1, 0.15) is 27.6 Å². The number of fused-ring (bicyclic) bond motifs is 1. The van der Waals surface area contributed by atoms with Crippen molar-refractivity contribution in [1.82, 2.24) is 19.4 Å². The van der Waals surface area contributed by atoms with E-state index in [4.69, 9.17) is 0 Å². The van der Waals surface area contributed by atoms with Gasteiger partial charge < -0.3 is 9.47 Å². The minimum absolute atomic E-state index is 0.0283. The Hall–Kier alpha value is -3.80. The maximum absolute atomic E-state index is 13.4. The van der Waals surface area contributed by atoms with E-state index in [0.29, 0.717) is 30.8 Å². The molecule has 3 heterocycles. The maximum atomic E-state index is 13.4. The monoisotopic (exact) mass is 469 g/mol. The van der Waals surface area contributed by atoms with Crippen LogP contribution in [0.2, 0.25) is 0 Å². The van der Waals surface area contributed by atoms with Gasteiger partial charge in [-0.3, -0.25) is 14.5 Å². The molecule has 0 spiro atoms. The van der Waals surface area contributed by atoms with Gasteiger partial charge in [-0.15, -0.1) is 0 Å². The number of nitriles is 1. The zero-order chi connectivity index (χ0) is 23.7. The van der Waals surface area contributed by atoms with Crippen LogP contribution in [0.5, 0.6) is 0 Å². The topological polar surface area (TPSA) is 82.2 Å². The van der Waals surface area contributed by atoms with E-state index in [-0.39, 0.29) is 17.7 Å². The Morgan fingerprint density at radius 3 is 2.53 bits per heavy atom. The number of hydrogen-bond donors (Lipinski definition) is 0. The van der Waals surface area contributed by atoms with Crippen LogP contribution in [-0.2, 0) is 0 Å². The van der Waals surface area contributed by atoms with E-state index >= 15 is 0 Å². The molecule has 1 amide bonds. The largest absolute Gasteiger partial charge is 0.336 e. The summed E-state index contributed by atoms with van der Waals surface area (Å²) in [5.41, 5.74) is 1.85. The number of Topliss-reactive ketones (excluding diaryl/α,β-unsaturated/α-hetero) is 1. The maximum Gasteiger partial charge on any atom is 0.253 e. The zero-order valence-corrected chi connectivity index (χ0v) is 19.5. The van der Waals surface area contributed by atoms with Crippen LogP contribution >= 0.6 is 11.3 Å². The molecular weight excluding hydrogens is 446 g/mol. The summed E-state index contributed by atoms with van der Waals surface area (Å²) in [7, 11) is 0. The van der Waals surface area contributed by atoms with Gasteiger partial charge in [0.25, 0.3) is 5.91 Å². The first-order valence-corrected chi connectivity index (χ1v) is 11.9. The van der Waals surface area contributed by atoms with E-state index in [1.807, 2.05) is 65.2 Å². The Labute approximate surface area is 201 Å². The summed E-state index contributed by atoms with van der Waals surface area (Å²) in [5.74, 6) is -0.269. The van der Waals surface area contributed by atoms with Gasteiger partial charge in [-0.1, -0.05) is 29.5 Å². The number of carbonyl (C=O) groups is 2. The lowest BCUT2D eigenvalue weighted by Crippen LogP contribution is -2.58. The minimum Gasteiger partial charge on any atom is -0.336 e. The molecule has 0 radical (unpaired) electrons. The third kappa shape index (κ3) is 4.12. The average molecular weight is 470 g/mol. The van der Waals surface area contributed by atoms with E-state index in [1.54, 1.807) is 40.5 Å². The molecule has 2 unspecified atom stereocenters. The number of ketones is 1. The number of carbonyl (C=O) groups excluding carboxylic acids is 2. The SMILES string of the molecule is CC1CN(C(=O)c2ccccc2)CCN1C(C#N)C(=O)c1ccc2sc(-n3cccc3)nc2c1. The normalized spacial score (nSPS) is 17.4.